The summed E-state index contributed by atoms with van der Waals surface area (Å²) in [4.78, 5) is 10.4. The van der Waals surface area contributed by atoms with Crippen LogP contribution in [0.5, 0.6) is 0 Å². The zero-order valence-electron chi connectivity index (χ0n) is 18.1. The van der Waals surface area contributed by atoms with E-state index in [4.69, 9.17) is 18.4 Å². The van der Waals surface area contributed by atoms with Gasteiger partial charge in [-0.05, 0) is 52.9 Å². The fourth-order valence-corrected chi connectivity index (χ4v) is 4.37. The van der Waals surface area contributed by atoms with Crippen LogP contribution in [0.2, 0.25) is 0 Å². The Hall–Kier alpha value is 0.651. The normalized spacial score (nSPS) is 19.6. The van der Waals surface area contributed by atoms with E-state index in [0.717, 1.165) is 32.1 Å². The summed E-state index contributed by atoms with van der Waals surface area (Å²) in [6, 6.07) is 0. The van der Waals surface area contributed by atoms with Gasteiger partial charge in [0.2, 0.25) is 0 Å². The largest absolute Gasteiger partial charge is 0.677 e. The minimum atomic E-state index is -3.50. The van der Waals surface area contributed by atoms with Crippen molar-refractivity contribution < 1.29 is 55.9 Å². The van der Waals surface area contributed by atoms with Crippen molar-refractivity contribution in [3.63, 3.8) is 0 Å². The quantitative estimate of drug-likeness (QED) is 0.523. The molecule has 0 amide bonds. The van der Waals surface area contributed by atoms with Crippen LogP contribution in [0.25, 0.3) is 0 Å². The molecule has 7 nitrogen and oxygen atoms in total. The Kier molecular flexibility index (Phi) is 25.9. The van der Waals surface area contributed by atoms with Crippen molar-refractivity contribution in [2.75, 3.05) is 0 Å². The van der Waals surface area contributed by atoms with Crippen LogP contribution in [0.1, 0.15) is 92.9 Å². The minimum absolute atomic E-state index is 0. The van der Waals surface area contributed by atoms with E-state index in [9.17, 15) is 4.80 Å². The topological polar surface area (TPSA) is 131 Å². The second-order valence-electron chi connectivity index (χ2n) is 6.83. The summed E-state index contributed by atoms with van der Waals surface area (Å²) < 4.78 is 16.7. The third-order valence-corrected chi connectivity index (χ3v) is 6.45. The van der Waals surface area contributed by atoms with Gasteiger partial charge < -0.3 is 34.1 Å². The van der Waals surface area contributed by atoms with E-state index in [2.05, 4.69) is 0 Å². The van der Waals surface area contributed by atoms with E-state index >= 15 is 0 Å². The van der Waals surface area contributed by atoms with Crippen molar-refractivity contribution in [2.45, 2.75) is 117 Å². The molecule has 1 fully saturated rings. The Morgan fingerprint density at radius 3 is 1.26 bits per heavy atom. The van der Waals surface area contributed by atoms with Crippen molar-refractivity contribution in [3.8, 4) is 0 Å². The van der Waals surface area contributed by atoms with Crippen molar-refractivity contribution in [1.29, 1.82) is 0 Å². The van der Waals surface area contributed by atoms with Crippen LogP contribution >= 0.6 is 0 Å². The first-order valence-corrected chi connectivity index (χ1v) is 11.4. The maximum absolute atomic E-state index is 10.4. The number of aliphatic hydroxyl groups is 1. The minimum Gasteiger partial charge on any atom is -0.412 e. The second-order valence-corrected chi connectivity index (χ2v) is 8.58. The van der Waals surface area contributed by atoms with E-state index in [-0.39, 0.29) is 57.1 Å². The molecule has 0 radical (unpaired) electrons. The zero-order valence-corrected chi connectivity index (χ0v) is 20.6. The van der Waals surface area contributed by atoms with Gasteiger partial charge in [0, 0.05) is 40.0 Å². The fraction of sp³-hybridized carbons (Fsp3) is 1.00. The molecule has 0 aliphatic heterocycles. The second kappa shape index (κ2) is 19.9. The molecular formula is C18H44O7SiTi. The molecule has 3 unspecified atom stereocenters. The van der Waals surface area contributed by atoms with Crippen molar-refractivity contribution >= 4 is 9.05 Å². The Morgan fingerprint density at radius 1 is 0.778 bits per heavy atom. The molecular weight excluding hydrogens is 404 g/mol. The van der Waals surface area contributed by atoms with Gasteiger partial charge in [-0.1, -0.05) is 40.0 Å². The molecule has 1 saturated carbocycles. The molecule has 0 spiro atoms. The smallest absolute Gasteiger partial charge is 0.412 e. The van der Waals surface area contributed by atoms with Gasteiger partial charge in [0.25, 0.3) is 0 Å². The van der Waals surface area contributed by atoms with E-state index in [1.54, 1.807) is 0 Å². The van der Waals surface area contributed by atoms with E-state index in [1.165, 1.54) is 19.3 Å². The van der Waals surface area contributed by atoms with Crippen LogP contribution in [0, 0.1) is 0 Å². The van der Waals surface area contributed by atoms with Crippen LogP contribution in [0.15, 0.2) is 0 Å². The zero-order chi connectivity index (χ0) is 18.6. The van der Waals surface area contributed by atoms with Crippen LogP contribution in [-0.2, 0) is 35.0 Å². The summed E-state index contributed by atoms with van der Waals surface area (Å²) in [5.74, 6) is 0. The molecule has 0 saturated heterocycles. The van der Waals surface area contributed by atoms with Crippen molar-refractivity contribution in [3.05, 3.63) is 0 Å². The summed E-state index contributed by atoms with van der Waals surface area (Å²) in [5, 5.41) is 8.91. The molecule has 3 atom stereocenters. The molecule has 9 heteroatoms. The third kappa shape index (κ3) is 18.4. The molecule has 0 aromatic heterocycles. The first-order chi connectivity index (χ1) is 11.3. The Morgan fingerprint density at radius 2 is 1.07 bits per heavy atom. The van der Waals surface area contributed by atoms with Gasteiger partial charge in [0.05, 0.1) is 6.10 Å². The molecule has 1 aliphatic carbocycles. The summed E-state index contributed by atoms with van der Waals surface area (Å²) in [6.45, 7) is 11.8. The molecule has 6 N–H and O–H groups in total. The number of rotatable bonds is 9. The molecule has 1 rings (SSSR count). The van der Waals surface area contributed by atoms with Crippen LogP contribution in [-0.4, -0.2) is 54.3 Å². The van der Waals surface area contributed by atoms with Gasteiger partial charge in [-0.2, -0.15) is 0 Å². The first-order valence-electron chi connectivity index (χ1n) is 9.70. The van der Waals surface area contributed by atoms with Crippen molar-refractivity contribution in [2.24, 2.45) is 0 Å². The number of aliphatic hydroxyl groups excluding tert-OH is 1. The van der Waals surface area contributed by atoms with Crippen LogP contribution in [0.4, 0.5) is 0 Å². The predicted molar refractivity (Wildman–Crippen MR) is 107 cm³/mol. The van der Waals surface area contributed by atoms with Gasteiger partial charge >= 0.3 is 9.05 Å². The third-order valence-electron chi connectivity index (χ3n) is 4.35. The van der Waals surface area contributed by atoms with E-state index in [0.29, 0.717) is 0 Å². The average molecular weight is 448 g/mol. The van der Waals surface area contributed by atoms with Gasteiger partial charge in [-0.15, -0.1) is 0 Å². The van der Waals surface area contributed by atoms with Gasteiger partial charge in [0.15, 0.2) is 0 Å². The van der Waals surface area contributed by atoms with E-state index in [1.807, 2.05) is 41.5 Å². The van der Waals surface area contributed by atoms with Gasteiger partial charge in [0.1, 0.15) is 0 Å². The summed E-state index contributed by atoms with van der Waals surface area (Å²) in [6.07, 6.45) is 8.22. The van der Waals surface area contributed by atoms with Gasteiger partial charge in [-0.3, -0.25) is 0 Å². The molecule has 1 aliphatic rings. The maximum Gasteiger partial charge on any atom is 0.677 e. The fourth-order valence-electron chi connectivity index (χ4n) is 2.18. The summed E-state index contributed by atoms with van der Waals surface area (Å²) in [5.41, 5.74) is 0. The van der Waals surface area contributed by atoms with Gasteiger partial charge in [-0.25, -0.2) is 0 Å². The monoisotopic (exact) mass is 448 g/mol. The molecule has 0 bridgehead atoms. The molecule has 166 valence electrons. The standard InChI is InChI=1S/C12H28O4Si.C6H12O.2H2O.Ti/c1-7-10(4)14-17(13,15-11(5)8-2)16-12(6)9-3;7-6-4-2-1-3-5-6;;;/h10-13H,7-9H2,1-6H3;6-7H,1-5H2;2*1H2;. The van der Waals surface area contributed by atoms with Crippen molar-refractivity contribution in [1.82, 2.24) is 0 Å². The number of hydrogen-bond donors (Lipinski definition) is 2. The summed E-state index contributed by atoms with van der Waals surface area (Å²) >= 11 is 0. The Balaban J connectivity index is -0.000000224. The summed E-state index contributed by atoms with van der Waals surface area (Å²) in [7, 11) is -3.50. The number of hydrogen-bond acceptors (Lipinski definition) is 5. The average Bonchev–Trinajstić information content (AvgIpc) is 2.55. The van der Waals surface area contributed by atoms with Crippen LogP contribution in [0.3, 0.4) is 0 Å². The van der Waals surface area contributed by atoms with Crippen LogP contribution < -0.4 is 0 Å². The predicted octanol–water partition coefficient (Wildman–Crippen LogP) is 2.52. The maximum atomic E-state index is 10.4. The molecule has 0 aromatic carbocycles. The molecule has 27 heavy (non-hydrogen) atoms. The molecule has 0 heterocycles. The first kappa shape index (κ1) is 35.1. The Labute approximate surface area is 182 Å². The molecule has 0 aromatic rings. The van der Waals surface area contributed by atoms with E-state index < -0.39 is 9.05 Å². The SMILES string of the molecule is CCC(C)O[Si](O)(OC(C)CC)OC(C)CC.O.O.OC1CCCCC1.[Ti]. The Bertz CT molecular complexity index is 276.